The third kappa shape index (κ3) is 8.25. The van der Waals surface area contributed by atoms with E-state index in [0.717, 1.165) is 0 Å². The predicted molar refractivity (Wildman–Crippen MR) is 71.0 cm³/mol. The summed E-state index contributed by atoms with van der Waals surface area (Å²) in [4.78, 5) is 4.41. The van der Waals surface area contributed by atoms with Crippen LogP contribution in [0.3, 0.4) is 0 Å². The van der Waals surface area contributed by atoms with Crippen LogP contribution in [0.25, 0.3) is 0 Å². The quantitative estimate of drug-likeness (QED) is 0.495. The highest BCUT2D eigenvalue weighted by Crippen LogP contribution is 1.98. The van der Waals surface area contributed by atoms with Gasteiger partial charge >= 0.3 is 0 Å². The van der Waals surface area contributed by atoms with Crippen LogP contribution in [-0.2, 0) is 16.2 Å². The van der Waals surface area contributed by atoms with Gasteiger partial charge in [-0.2, -0.15) is 5.90 Å². The van der Waals surface area contributed by atoms with Crippen molar-refractivity contribution in [2.24, 2.45) is 5.90 Å². The molecule has 0 amide bonds. The molecule has 0 fully saturated rings. The van der Waals surface area contributed by atoms with Crippen molar-refractivity contribution in [1.29, 1.82) is 0 Å². The summed E-state index contributed by atoms with van der Waals surface area (Å²) in [5.41, 5.74) is 1.22. The molecule has 3 nitrogen and oxygen atoms in total. The lowest BCUT2D eigenvalue weighted by Crippen LogP contribution is -1.95. The zero-order chi connectivity index (χ0) is 12.9. The zero-order valence-electron chi connectivity index (χ0n) is 10.7. The summed E-state index contributed by atoms with van der Waals surface area (Å²) in [6.45, 7) is 4.48. The van der Waals surface area contributed by atoms with Crippen LogP contribution < -0.4 is 5.90 Å². The van der Waals surface area contributed by atoms with E-state index in [1.54, 1.807) is 19.3 Å². The molecular weight excluding hydrogens is 214 g/mol. The smallest absolute Gasteiger partial charge is 0.142 e. The minimum atomic E-state index is 0.688. The van der Waals surface area contributed by atoms with Crippen LogP contribution >= 0.6 is 0 Å². The van der Waals surface area contributed by atoms with Crippen molar-refractivity contribution in [1.82, 2.24) is 0 Å². The fraction of sp³-hybridized carbons (Fsp3) is 0.286. The molecule has 0 radical (unpaired) electrons. The average Bonchev–Trinajstić information content (AvgIpc) is 2.38. The van der Waals surface area contributed by atoms with E-state index >= 15 is 0 Å². The molecule has 0 heterocycles. The molecule has 0 unspecified atom stereocenters. The van der Waals surface area contributed by atoms with Crippen LogP contribution in [0, 0.1) is 0 Å². The Bertz CT molecular complexity index is 329. The third-order valence-corrected chi connectivity index (χ3v) is 1.91. The molecule has 0 atom stereocenters. The van der Waals surface area contributed by atoms with Gasteiger partial charge in [0.25, 0.3) is 0 Å². The van der Waals surface area contributed by atoms with Crippen molar-refractivity contribution in [3.63, 3.8) is 0 Å². The van der Waals surface area contributed by atoms with Crippen LogP contribution in [0.1, 0.15) is 19.4 Å². The van der Waals surface area contributed by atoms with Gasteiger partial charge in [-0.3, -0.25) is 0 Å². The van der Waals surface area contributed by atoms with E-state index in [-0.39, 0.29) is 0 Å². The van der Waals surface area contributed by atoms with E-state index in [9.17, 15) is 0 Å². The SMILES string of the molecule is C/C=C\C(=C/C)ON.COCc1ccccc1. The van der Waals surface area contributed by atoms with Gasteiger partial charge in [-0.05, 0) is 31.6 Å². The van der Waals surface area contributed by atoms with Crippen LogP contribution in [0.15, 0.2) is 54.3 Å². The summed E-state index contributed by atoms with van der Waals surface area (Å²) in [5, 5.41) is 0. The Labute approximate surface area is 103 Å². The van der Waals surface area contributed by atoms with Gasteiger partial charge in [0.05, 0.1) is 6.61 Å². The first-order valence-electron chi connectivity index (χ1n) is 5.47. The van der Waals surface area contributed by atoms with Crippen LogP contribution in [-0.4, -0.2) is 7.11 Å². The molecule has 17 heavy (non-hydrogen) atoms. The summed E-state index contributed by atoms with van der Waals surface area (Å²) in [6, 6.07) is 10.1. The summed E-state index contributed by atoms with van der Waals surface area (Å²) < 4.78 is 4.93. The van der Waals surface area contributed by atoms with E-state index in [1.165, 1.54) is 5.56 Å². The second-order valence-corrected chi connectivity index (χ2v) is 3.23. The first-order valence-corrected chi connectivity index (χ1v) is 5.47. The van der Waals surface area contributed by atoms with Crippen molar-refractivity contribution >= 4 is 0 Å². The monoisotopic (exact) mass is 235 g/mol. The number of rotatable bonds is 4. The Balaban J connectivity index is 0.000000304. The molecule has 0 aromatic heterocycles. The second kappa shape index (κ2) is 10.9. The highest BCUT2D eigenvalue weighted by atomic mass is 16.6. The highest BCUT2D eigenvalue weighted by molar-refractivity contribution is 5.13. The molecule has 1 aromatic carbocycles. The van der Waals surface area contributed by atoms with E-state index in [4.69, 9.17) is 10.6 Å². The largest absolute Gasteiger partial charge is 0.412 e. The Morgan fingerprint density at radius 2 is 1.88 bits per heavy atom. The van der Waals surface area contributed by atoms with Gasteiger partial charge in [0, 0.05) is 7.11 Å². The van der Waals surface area contributed by atoms with Crippen LogP contribution in [0.4, 0.5) is 0 Å². The van der Waals surface area contributed by atoms with Crippen molar-refractivity contribution in [2.75, 3.05) is 7.11 Å². The van der Waals surface area contributed by atoms with Gasteiger partial charge in [0.15, 0.2) is 0 Å². The van der Waals surface area contributed by atoms with Gasteiger partial charge in [0.2, 0.25) is 0 Å². The van der Waals surface area contributed by atoms with Crippen molar-refractivity contribution < 1.29 is 9.57 Å². The Hall–Kier alpha value is -1.58. The van der Waals surface area contributed by atoms with E-state index in [1.807, 2.05) is 50.3 Å². The van der Waals surface area contributed by atoms with E-state index < -0.39 is 0 Å². The topological polar surface area (TPSA) is 44.5 Å². The zero-order valence-corrected chi connectivity index (χ0v) is 10.7. The van der Waals surface area contributed by atoms with Gasteiger partial charge < -0.3 is 9.57 Å². The molecule has 2 N–H and O–H groups in total. The lowest BCUT2D eigenvalue weighted by atomic mass is 10.2. The molecule has 0 aliphatic carbocycles. The van der Waals surface area contributed by atoms with E-state index in [0.29, 0.717) is 12.4 Å². The maximum absolute atomic E-state index is 4.93. The van der Waals surface area contributed by atoms with Crippen molar-refractivity contribution in [2.45, 2.75) is 20.5 Å². The molecule has 0 bridgehead atoms. The molecule has 0 saturated heterocycles. The predicted octanol–water partition coefficient (Wildman–Crippen LogP) is 3.19. The standard InChI is InChI=1S/C8H10O.C6H11NO/c1-9-7-8-5-3-2-4-6-8;1-3-5-6(4-2)8-7/h2-6H,7H2,1H3;3-5H,7H2,1-2H3/b;5-3-,6-4+. The number of allylic oxidation sites excluding steroid dienone is 3. The van der Waals surface area contributed by atoms with Crippen molar-refractivity contribution in [3.05, 3.63) is 59.9 Å². The molecule has 94 valence electrons. The molecular formula is C14H21NO2. The maximum Gasteiger partial charge on any atom is 0.142 e. The average molecular weight is 235 g/mol. The summed E-state index contributed by atoms with van der Waals surface area (Å²) in [6.07, 6.45) is 5.45. The highest BCUT2D eigenvalue weighted by Gasteiger charge is 1.84. The lowest BCUT2D eigenvalue weighted by molar-refractivity contribution is 0.185. The number of hydrogen-bond acceptors (Lipinski definition) is 3. The lowest BCUT2D eigenvalue weighted by Gasteiger charge is -1.95. The second-order valence-electron chi connectivity index (χ2n) is 3.23. The fourth-order valence-corrected chi connectivity index (χ4v) is 1.11. The fourth-order valence-electron chi connectivity index (χ4n) is 1.11. The number of benzene rings is 1. The molecule has 0 aliphatic heterocycles. The molecule has 0 saturated carbocycles. The van der Waals surface area contributed by atoms with Gasteiger partial charge in [-0.25, -0.2) is 0 Å². The maximum atomic E-state index is 4.93. The first-order chi connectivity index (χ1) is 8.28. The van der Waals surface area contributed by atoms with Gasteiger partial charge in [0.1, 0.15) is 5.76 Å². The Kier molecular flexibility index (Phi) is 9.91. The minimum absolute atomic E-state index is 0.688. The normalized spacial score (nSPS) is 10.9. The number of methoxy groups -OCH3 is 1. The summed E-state index contributed by atoms with van der Waals surface area (Å²) in [5.74, 6) is 5.54. The molecule has 1 rings (SSSR count). The number of nitrogens with two attached hydrogens (primary N) is 1. The van der Waals surface area contributed by atoms with Gasteiger partial charge in [-0.15, -0.1) is 0 Å². The summed E-state index contributed by atoms with van der Waals surface area (Å²) in [7, 11) is 1.70. The molecule has 0 spiro atoms. The van der Waals surface area contributed by atoms with Crippen LogP contribution in [0.5, 0.6) is 0 Å². The summed E-state index contributed by atoms with van der Waals surface area (Å²) >= 11 is 0. The molecule has 0 aliphatic rings. The Morgan fingerprint density at radius 3 is 2.24 bits per heavy atom. The first kappa shape index (κ1) is 15.4. The van der Waals surface area contributed by atoms with Crippen LogP contribution in [0.2, 0.25) is 0 Å². The van der Waals surface area contributed by atoms with Gasteiger partial charge in [-0.1, -0.05) is 36.4 Å². The van der Waals surface area contributed by atoms with E-state index in [2.05, 4.69) is 4.84 Å². The minimum Gasteiger partial charge on any atom is -0.412 e. The third-order valence-electron chi connectivity index (χ3n) is 1.91. The number of ether oxygens (including phenoxy) is 1. The molecule has 1 aromatic rings. The molecule has 3 heteroatoms. The number of hydrogen-bond donors (Lipinski definition) is 1. The Morgan fingerprint density at radius 1 is 1.24 bits per heavy atom. The van der Waals surface area contributed by atoms with Crippen molar-refractivity contribution in [3.8, 4) is 0 Å².